The average Bonchev–Trinajstić information content (AvgIpc) is 2.58. The van der Waals surface area contributed by atoms with Crippen LogP contribution in [0.4, 0.5) is 0 Å². The summed E-state index contributed by atoms with van der Waals surface area (Å²) in [4.78, 5) is 5.62. The molecule has 0 aromatic heterocycles. The Kier molecular flexibility index (Phi) is 7.24. The summed E-state index contributed by atoms with van der Waals surface area (Å²) in [7, 11) is 0. The van der Waals surface area contributed by atoms with Gasteiger partial charge >= 0.3 is 0 Å². The molecule has 0 radical (unpaired) electrons. The van der Waals surface area contributed by atoms with E-state index in [1.165, 1.54) is 12.8 Å². The van der Waals surface area contributed by atoms with Crippen molar-refractivity contribution in [1.82, 2.24) is 0 Å². The van der Waals surface area contributed by atoms with E-state index in [0.29, 0.717) is 0 Å². The van der Waals surface area contributed by atoms with Crippen LogP contribution in [0.25, 0.3) is 0 Å². The molecule has 1 aliphatic carbocycles. The maximum atomic E-state index is 6.13. The van der Waals surface area contributed by atoms with Gasteiger partial charge in [-0.15, -0.1) is 0 Å². The molecule has 0 aliphatic heterocycles. The zero-order valence-corrected chi connectivity index (χ0v) is 14.5. The van der Waals surface area contributed by atoms with Crippen LogP contribution in [0.5, 0.6) is 11.5 Å². The molecule has 1 fully saturated rings. The highest BCUT2D eigenvalue weighted by molar-refractivity contribution is 5.55. The maximum Gasteiger partial charge on any atom is 0.164 e. The molecule has 128 valence electrons. The lowest BCUT2D eigenvalue weighted by atomic mass is 9.95. The van der Waals surface area contributed by atoms with E-state index in [-0.39, 0.29) is 18.3 Å². The van der Waals surface area contributed by atoms with Gasteiger partial charge < -0.3 is 14.3 Å². The van der Waals surface area contributed by atoms with Gasteiger partial charge in [0.2, 0.25) is 0 Å². The molecule has 4 nitrogen and oxygen atoms in total. The molecule has 4 heteroatoms. The van der Waals surface area contributed by atoms with E-state index in [4.69, 9.17) is 14.3 Å². The predicted molar refractivity (Wildman–Crippen MR) is 93.4 cm³/mol. The third-order valence-corrected chi connectivity index (χ3v) is 4.12. The lowest BCUT2D eigenvalue weighted by molar-refractivity contribution is -0.0452. The molecule has 2 rings (SSSR count). The average molecular weight is 319 g/mol. The van der Waals surface area contributed by atoms with Crippen molar-refractivity contribution in [3.05, 3.63) is 24.3 Å². The third kappa shape index (κ3) is 5.77. The van der Waals surface area contributed by atoms with Gasteiger partial charge in [-0.3, -0.25) is 0 Å². The van der Waals surface area contributed by atoms with E-state index in [1.807, 2.05) is 31.2 Å². The van der Waals surface area contributed by atoms with Gasteiger partial charge in [-0.2, -0.15) is 0 Å². The van der Waals surface area contributed by atoms with Crippen LogP contribution in [0.1, 0.15) is 59.3 Å². The van der Waals surface area contributed by atoms with Gasteiger partial charge in [-0.1, -0.05) is 19.0 Å². The van der Waals surface area contributed by atoms with Gasteiger partial charge in [-0.25, -0.2) is 0 Å². The number of hydrogen-bond donors (Lipinski definition) is 0. The Labute approximate surface area is 139 Å². The zero-order chi connectivity index (χ0) is 16.5. The maximum absolute atomic E-state index is 6.13. The fraction of sp³-hybridized carbons (Fsp3) is 0.632. The first kappa shape index (κ1) is 17.6. The van der Waals surface area contributed by atoms with Crippen molar-refractivity contribution in [2.24, 2.45) is 5.16 Å². The molecule has 3 unspecified atom stereocenters. The zero-order valence-electron chi connectivity index (χ0n) is 14.5. The highest BCUT2D eigenvalue weighted by Gasteiger charge is 2.28. The molecule has 0 heterocycles. The normalized spacial score (nSPS) is 22.7. The second-order valence-electron chi connectivity index (χ2n) is 6.09. The number of ether oxygens (including phenoxy) is 2. The lowest BCUT2D eigenvalue weighted by Gasteiger charge is -2.30. The molecule has 0 amide bonds. The Morgan fingerprint density at radius 3 is 2.39 bits per heavy atom. The Morgan fingerprint density at radius 2 is 1.74 bits per heavy atom. The van der Waals surface area contributed by atoms with Gasteiger partial charge in [-0.05, 0) is 69.7 Å². The molecular formula is C19H29NO3. The molecule has 0 spiro atoms. The van der Waals surface area contributed by atoms with E-state index in [1.54, 1.807) is 6.21 Å². The Hall–Kier alpha value is -1.71. The second kappa shape index (κ2) is 9.43. The number of benzene rings is 1. The minimum Gasteiger partial charge on any atom is -0.491 e. The Morgan fingerprint density at radius 1 is 1.09 bits per heavy atom. The molecule has 0 bridgehead atoms. The molecule has 1 aromatic carbocycles. The molecular weight excluding hydrogens is 290 g/mol. The van der Waals surface area contributed by atoms with Crippen LogP contribution in [-0.2, 0) is 4.84 Å². The van der Waals surface area contributed by atoms with E-state index in [9.17, 15) is 0 Å². The summed E-state index contributed by atoms with van der Waals surface area (Å²) < 4.78 is 11.9. The third-order valence-electron chi connectivity index (χ3n) is 4.12. The molecule has 1 saturated carbocycles. The van der Waals surface area contributed by atoms with Crippen molar-refractivity contribution < 1.29 is 14.3 Å². The highest BCUT2D eigenvalue weighted by Crippen LogP contribution is 2.27. The summed E-state index contributed by atoms with van der Waals surface area (Å²) in [6.07, 6.45) is 8.39. The van der Waals surface area contributed by atoms with Crippen LogP contribution >= 0.6 is 0 Å². The topological polar surface area (TPSA) is 40.0 Å². The first-order valence-corrected chi connectivity index (χ1v) is 8.84. The Bertz CT molecular complexity index is 472. The first-order chi connectivity index (χ1) is 11.2. The van der Waals surface area contributed by atoms with Crippen molar-refractivity contribution in [3.8, 4) is 11.5 Å². The number of nitrogens with zero attached hydrogens (tertiary/aromatic N) is 1. The largest absolute Gasteiger partial charge is 0.491 e. The first-order valence-electron chi connectivity index (χ1n) is 8.84. The van der Waals surface area contributed by atoms with Crippen molar-refractivity contribution in [2.75, 3.05) is 0 Å². The number of oxime groups is 1. The van der Waals surface area contributed by atoms with Gasteiger partial charge in [0.05, 0.1) is 6.10 Å². The van der Waals surface area contributed by atoms with Crippen LogP contribution in [0, 0.1) is 0 Å². The van der Waals surface area contributed by atoms with Crippen LogP contribution < -0.4 is 9.47 Å². The van der Waals surface area contributed by atoms with Crippen LogP contribution in [0.15, 0.2) is 29.4 Å². The Balaban J connectivity index is 1.91. The predicted octanol–water partition coefficient (Wildman–Crippen LogP) is 4.97. The number of hydrogen-bond acceptors (Lipinski definition) is 4. The van der Waals surface area contributed by atoms with Gasteiger partial charge in [0.1, 0.15) is 17.6 Å². The lowest BCUT2D eigenvalue weighted by Crippen LogP contribution is -2.36. The standard InChI is InChI=1S/C19H29NO3/c1-4-14-20-23-19-9-7-6-8-18(19)22-17-12-10-16(11-13-17)21-15(3)5-2/h10-15,18-19H,4-9H2,1-3H3. The molecule has 0 saturated heterocycles. The van der Waals surface area contributed by atoms with Crippen LogP contribution in [0.2, 0.25) is 0 Å². The molecule has 23 heavy (non-hydrogen) atoms. The fourth-order valence-corrected chi connectivity index (χ4v) is 2.60. The van der Waals surface area contributed by atoms with Crippen LogP contribution in [0.3, 0.4) is 0 Å². The molecule has 1 aromatic rings. The summed E-state index contributed by atoms with van der Waals surface area (Å²) in [6.45, 7) is 6.24. The van der Waals surface area contributed by atoms with Gasteiger partial charge in [0.25, 0.3) is 0 Å². The van der Waals surface area contributed by atoms with E-state index in [0.717, 1.165) is 37.2 Å². The highest BCUT2D eigenvalue weighted by atomic mass is 16.7. The van der Waals surface area contributed by atoms with Gasteiger partial charge in [0.15, 0.2) is 6.10 Å². The van der Waals surface area contributed by atoms with Crippen molar-refractivity contribution in [3.63, 3.8) is 0 Å². The quantitative estimate of drug-likeness (QED) is 0.502. The monoisotopic (exact) mass is 319 g/mol. The summed E-state index contributed by atoms with van der Waals surface area (Å²) in [5, 5.41) is 4.04. The smallest absolute Gasteiger partial charge is 0.164 e. The van der Waals surface area contributed by atoms with E-state index >= 15 is 0 Å². The minimum atomic E-state index is 0.0441. The number of rotatable bonds is 8. The van der Waals surface area contributed by atoms with Crippen LogP contribution in [-0.4, -0.2) is 24.5 Å². The van der Waals surface area contributed by atoms with Gasteiger partial charge in [0, 0.05) is 6.21 Å². The summed E-state index contributed by atoms with van der Waals surface area (Å²) in [6, 6.07) is 7.88. The second-order valence-corrected chi connectivity index (χ2v) is 6.09. The van der Waals surface area contributed by atoms with Crippen molar-refractivity contribution in [1.29, 1.82) is 0 Å². The molecule has 0 N–H and O–H groups in total. The summed E-state index contributed by atoms with van der Waals surface area (Å²) in [5.74, 6) is 1.75. The van der Waals surface area contributed by atoms with Crippen molar-refractivity contribution in [2.45, 2.75) is 77.6 Å². The van der Waals surface area contributed by atoms with Crippen molar-refractivity contribution >= 4 is 6.21 Å². The molecule has 3 atom stereocenters. The summed E-state index contributed by atoms with van der Waals surface area (Å²) in [5.41, 5.74) is 0. The molecule has 1 aliphatic rings. The van der Waals surface area contributed by atoms with E-state index in [2.05, 4.69) is 19.0 Å². The SMILES string of the molecule is CCC=NOC1CCCCC1Oc1ccc(OC(C)CC)cc1. The summed E-state index contributed by atoms with van der Waals surface area (Å²) >= 11 is 0. The van der Waals surface area contributed by atoms with E-state index < -0.39 is 0 Å². The minimum absolute atomic E-state index is 0.0441. The fourth-order valence-electron chi connectivity index (χ4n) is 2.60.